The van der Waals surface area contributed by atoms with Gasteiger partial charge in [-0.2, -0.15) is 0 Å². The Morgan fingerprint density at radius 2 is 2.10 bits per heavy atom. The Bertz CT molecular complexity index is 676. The predicted molar refractivity (Wildman–Crippen MR) is 91.0 cm³/mol. The molecule has 1 amide bonds. The number of amides is 1. The number of carbonyl (C=O) groups excluding carboxylic acids is 1. The number of nitrogens with one attached hydrogen (secondary N) is 1. The first kappa shape index (κ1) is 16.1. The van der Waals surface area contributed by atoms with Gasteiger partial charge in [0.05, 0.1) is 24.3 Å². The number of aliphatic hydroxyl groups excluding tert-OH is 1. The first-order chi connectivity index (χ1) is 10.1. The molecule has 2 aromatic carbocycles. The van der Waals surface area contributed by atoms with E-state index in [2.05, 4.69) is 27.9 Å². The number of ether oxygens (including phenoxy) is 1. The van der Waals surface area contributed by atoms with Crippen LogP contribution in [0.25, 0.3) is 0 Å². The SMILES string of the molecule is COc1cc(I)c(Cl)cc1C(=O)Nc1ccccc1CO. The van der Waals surface area contributed by atoms with E-state index in [0.717, 1.165) is 3.57 Å². The average molecular weight is 418 g/mol. The Labute approximate surface area is 141 Å². The van der Waals surface area contributed by atoms with Gasteiger partial charge in [0.2, 0.25) is 0 Å². The Kier molecular flexibility index (Phi) is 5.44. The summed E-state index contributed by atoms with van der Waals surface area (Å²) in [6, 6.07) is 10.3. The highest BCUT2D eigenvalue weighted by Crippen LogP contribution is 2.29. The van der Waals surface area contributed by atoms with Crippen LogP contribution in [0.15, 0.2) is 36.4 Å². The van der Waals surface area contributed by atoms with E-state index in [4.69, 9.17) is 16.3 Å². The minimum atomic E-state index is -0.342. The Hall–Kier alpha value is -1.31. The number of para-hydroxylation sites is 1. The summed E-state index contributed by atoms with van der Waals surface area (Å²) < 4.78 is 6.03. The van der Waals surface area contributed by atoms with E-state index in [-0.39, 0.29) is 12.5 Å². The molecule has 6 heteroatoms. The van der Waals surface area contributed by atoms with Crippen molar-refractivity contribution in [3.05, 3.63) is 56.1 Å². The number of aliphatic hydroxyl groups is 1. The van der Waals surface area contributed by atoms with Gasteiger partial charge in [-0.15, -0.1) is 0 Å². The monoisotopic (exact) mass is 417 g/mol. The van der Waals surface area contributed by atoms with E-state index in [1.807, 2.05) is 0 Å². The standard InChI is InChI=1S/C15H13ClINO3/c1-21-14-7-12(17)11(16)6-10(14)15(20)18-13-5-3-2-4-9(13)8-19/h2-7,19H,8H2,1H3,(H,18,20). The second kappa shape index (κ2) is 7.11. The van der Waals surface area contributed by atoms with Crippen molar-refractivity contribution in [1.82, 2.24) is 0 Å². The van der Waals surface area contributed by atoms with Crippen molar-refractivity contribution in [1.29, 1.82) is 0 Å². The van der Waals surface area contributed by atoms with E-state index < -0.39 is 0 Å². The summed E-state index contributed by atoms with van der Waals surface area (Å²) in [7, 11) is 1.50. The smallest absolute Gasteiger partial charge is 0.259 e. The van der Waals surface area contributed by atoms with Gasteiger partial charge in [-0.3, -0.25) is 4.79 Å². The fourth-order valence-electron chi connectivity index (χ4n) is 1.84. The minimum absolute atomic E-state index is 0.152. The lowest BCUT2D eigenvalue weighted by Crippen LogP contribution is -2.14. The maximum absolute atomic E-state index is 12.4. The lowest BCUT2D eigenvalue weighted by atomic mass is 10.1. The summed E-state index contributed by atoms with van der Waals surface area (Å²) in [6.45, 7) is -0.152. The molecule has 2 N–H and O–H groups in total. The molecule has 0 saturated heterocycles. The molecule has 21 heavy (non-hydrogen) atoms. The van der Waals surface area contributed by atoms with Crippen LogP contribution < -0.4 is 10.1 Å². The predicted octanol–water partition coefficient (Wildman–Crippen LogP) is 3.70. The number of carbonyl (C=O) groups is 1. The minimum Gasteiger partial charge on any atom is -0.496 e. The number of hydrogen-bond acceptors (Lipinski definition) is 3. The molecule has 0 heterocycles. The third-order valence-electron chi connectivity index (χ3n) is 2.92. The van der Waals surface area contributed by atoms with Crippen molar-refractivity contribution < 1.29 is 14.6 Å². The van der Waals surface area contributed by atoms with Crippen LogP contribution in [0.4, 0.5) is 5.69 Å². The van der Waals surface area contributed by atoms with Crippen LogP contribution in [0.3, 0.4) is 0 Å². The normalized spacial score (nSPS) is 10.3. The number of halogens is 2. The van der Waals surface area contributed by atoms with E-state index >= 15 is 0 Å². The second-order valence-electron chi connectivity index (χ2n) is 4.24. The molecule has 0 unspecified atom stereocenters. The van der Waals surface area contributed by atoms with Gasteiger partial charge in [0, 0.05) is 14.8 Å². The van der Waals surface area contributed by atoms with E-state index in [9.17, 15) is 9.90 Å². The topological polar surface area (TPSA) is 58.6 Å². The molecule has 0 aliphatic heterocycles. The summed E-state index contributed by atoms with van der Waals surface area (Å²) in [6.07, 6.45) is 0. The molecular formula is C15H13ClINO3. The van der Waals surface area contributed by atoms with Gasteiger partial charge >= 0.3 is 0 Å². The highest BCUT2D eigenvalue weighted by Gasteiger charge is 2.16. The number of benzene rings is 2. The number of methoxy groups -OCH3 is 1. The fourth-order valence-corrected chi connectivity index (χ4v) is 2.45. The maximum atomic E-state index is 12.4. The van der Waals surface area contributed by atoms with Gasteiger partial charge < -0.3 is 15.2 Å². The lowest BCUT2D eigenvalue weighted by Gasteiger charge is -2.12. The Morgan fingerprint density at radius 1 is 1.38 bits per heavy atom. The van der Waals surface area contributed by atoms with Crippen LogP contribution in [-0.2, 0) is 6.61 Å². The summed E-state index contributed by atoms with van der Waals surface area (Å²) in [5.41, 5.74) is 1.54. The van der Waals surface area contributed by atoms with Crippen molar-refractivity contribution in [2.75, 3.05) is 12.4 Å². The molecule has 4 nitrogen and oxygen atoms in total. The zero-order valence-corrected chi connectivity index (χ0v) is 14.1. The fraction of sp³-hybridized carbons (Fsp3) is 0.133. The Balaban J connectivity index is 2.34. The van der Waals surface area contributed by atoms with E-state index in [1.165, 1.54) is 7.11 Å². The van der Waals surface area contributed by atoms with Gasteiger partial charge in [0.15, 0.2) is 0 Å². The molecule has 0 aromatic heterocycles. The zero-order valence-electron chi connectivity index (χ0n) is 11.2. The van der Waals surface area contributed by atoms with Gasteiger partial charge in [0.25, 0.3) is 5.91 Å². The molecule has 2 rings (SSSR count). The van der Waals surface area contributed by atoms with Crippen molar-refractivity contribution in [2.45, 2.75) is 6.61 Å². The van der Waals surface area contributed by atoms with E-state index in [1.54, 1.807) is 36.4 Å². The molecule has 110 valence electrons. The van der Waals surface area contributed by atoms with Gasteiger partial charge in [-0.25, -0.2) is 0 Å². The van der Waals surface area contributed by atoms with Crippen molar-refractivity contribution >= 4 is 45.8 Å². The van der Waals surface area contributed by atoms with Crippen LogP contribution >= 0.6 is 34.2 Å². The second-order valence-corrected chi connectivity index (χ2v) is 5.81. The van der Waals surface area contributed by atoms with Crippen LogP contribution in [0.1, 0.15) is 15.9 Å². The van der Waals surface area contributed by atoms with Crippen molar-refractivity contribution in [3.8, 4) is 5.75 Å². The lowest BCUT2D eigenvalue weighted by molar-refractivity contribution is 0.102. The average Bonchev–Trinajstić information content (AvgIpc) is 2.50. The molecular weight excluding hydrogens is 405 g/mol. The summed E-state index contributed by atoms with van der Waals surface area (Å²) in [5.74, 6) is 0.105. The molecule has 0 radical (unpaired) electrons. The quantitative estimate of drug-likeness (QED) is 0.746. The van der Waals surface area contributed by atoms with Gasteiger partial charge in [-0.05, 0) is 40.8 Å². The van der Waals surface area contributed by atoms with Crippen LogP contribution in [0.5, 0.6) is 5.75 Å². The molecule has 0 saturated carbocycles. The molecule has 0 atom stereocenters. The largest absolute Gasteiger partial charge is 0.496 e. The molecule has 0 fully saturated rings. The van der Waals surface area contributed by atoms with Crippen molar-refractivity contribution in [3.63, 3.8) is 0 Å². The first-order valence-corrected chi connectivity index (χ1v) is 7.55. The van der Waals surface area contributed by atoms with E-state index in [0.29, 0.717) is 27.6 Å². The van der Waals surface area contributed by atoms with Crippen molar-refractivity contribution in [2.24, 2.45) is 0 Å². The van der Waals surface area contributed by atoms with Crippen LogP contribution in [-0.4, -0.2) is 18.1 Å². The first-order valence-electron chi connectivity index (χ1n) is 6.10. The summed E-state index contributed by atoms with van der Waals surface area (Å²) in [5, 5.41) is 12.5. The summed E-state index contributed by atoms with van der Waals surface area (Å²) >= 11 is 8.14. The maximum Gasteiger partial charge on any atom is 0.259 e. The molecule has 0 spiro atoms. The summed E-state index contributed by atoms with van der Waals surface area (Å²) in [4.78, 5) is 12.4. The van der Waals surface area contributed by atoms with Crippen LogP contribution in [0.2, 0.25) is 5.02 Å². The number of rotatable bonds is 4. The van der Waals surface area contributed by atoms with Crippen LogP contribution in [0, 0.1) is 3.57 Å². The zero-order chi connectivity index (χ0) is 15.4. The highest BCUT2D eigenvalue weighted by atomic mass is 127. The molecule has 0 aliphatic carbocycles. The number of anilines is 1. The molecule has 0 bridgehead atoms. The number of hydrogen-bond donors (Lipinski definition) is 2. The van der Waals surface area contributed by atoms with Gasteiger partial charge in [0.1, 0.15) is 5.75 Å². The Morgan fingerprint density at radius 3 is 2.76 bits per heavy atom. The molecule has 0 aliphatic rings. The third kappa shape index (κ3) is 3.66. The third-order valence-corrected chi connectivity index (χ3v) is 4.45. The molecule has 2 aromatic rings. The van der Waals surface area contributed by atoms with Gasteiger partial charge in [-0.1, -0.05) is 29.8 Å². The highest BCUT2D eigenvalue weighted by molar-refractivity contribution is 14.1.